The Morgan fingerprint density at radius 2 is 1.91 bits per heavy atom. The van der Waals surface area contributed by atoms with E-state index in [1.54, 1.807) is 0 Å². The van der Waals surface area contributed by atoms with Crippen molar-refractivity contribution in [3.8, 4) is 0 Å². The van der Waals surface area contributed by atoms with Gasteiger partial charge in [0.2, 0.25) is 5.91 Å². The maximum atomic E-state index is 12.6. The summed E-state index contributed by atoms with van der Waals surface area (Å²) >= 11 is 0. The van der Waals surface area contributed by atoms with E-state index in [1.807, 2.05) is 7.05 Å². The number of hydrogen-bond donors (Lipinski definition) is 1. The van der Waals surface area contributed by atoms with Crippen LogP contribution >= 0.6 is 0 Å². The SMILES string of the molecule is CNCCC1CCN(C(=O)Cc2ccc3c(c2)CCCC3)CC1. The molecule has 23 heavy (non-hydrogen) atoms. The van der Waals surface area contributed by atoms with Crippen molar-refractivity contribution in [1.29, 1.82) is 0 Å². The minimum atomic E-state index is 0.313. The third-order valence-corrected chi connectivity index (χ3v) is 5.54. The van der Waals surface area contributed by atoms with Gasteiger partial charge in [-0.15, -0.1) is 0 Å². The van der Waals surface area contributed by atoms with Crippen molar-refractivity contribution in [1.82, 2.24) is 10.2 Å². The molecule has 1 aliphatic heterocycles. The molecule has 126 valence electrons. The first-order valence-electron chi connectivity index (χ1n) is 9.29. The van der Waals surface area contributed by atoms with Crippen LogP contribution in [0, 0.1) is 5.92 Å². The summed E-state index contributed by atoms with van der Waals surface area (Å²) in [6.07, 6.45) is 9.16. The highest BCUT2D eigenvalue weighted by Crippen LogP contribution is 2.24. The predicted octanol–water partition coefficient (Wildman–Crippen LogP) is 2.96. The second kappa shape index (κ2) is 7.96. The van der Waals surface area contributed by atoms with Crippen LogP contribution in [-0.4, -0.2) is 37.5 Å². The lowest BCUT2D eigenvalue weighted by Crippen LogP contribution is -2.39. The van der Waals surface area contributed by atoms with Gasteiger partial charge in [-0.2, -0.15) is 0 Å². The lowest BCUT2D eigenvalue weighted by atomic mass is 9.89. The third-order valence-electron chi connectivity index (χ3n) is 5.54. The van der Waals surface area contributed by atoms with Gasteiger partial charge < -0.3 is 10.2 Å². The fraction of sp³-hybridized carbons (Fsp3) is 0.650. The number of carbonyl (C=O) groups is 1. The number of aryl methyl sites for hydroxylation is 2. The predicted molar refractivity (Wildman–Crippen MR) is 94.6 cm³/mol. The fourth-order valence-electron chi connectivity index (χ4n) is 4.00. The van der Waals surface area contributed by atoms with E-state index in [1.165, 1.54) is 48.8 Å². The average molecular weight is 314 g/mol. The number of carbonyl (C=O) groups excluding carboxylic acids is 1. The zero-order valence-electron chi connectivity index (χ0n) is 14.4. The normalized spacial score (nSPS) is 18.7. The standard InChI is InChI=1S/C20H30N2O/c1-21-11-8-16-9-12-22(13-10-16)20(23)15-17-6-7-18-4-2-3-5-19(18)14-17/h6-7,14,16,21H,2-5,8-13,15H2,1H3. The van der Waals surface area contributed by atoms with E-state index < -0.39 is 0 Å². The molecule has 3 nitrogen and oxygen atoms in total. The number of likely N-dealkylation sites (tertiary alicyclic amines) is 1. The first-order valence-corrected chi connectivity index (χ1v) is 9.29. The number of hydrogen-bond acceptors (Lipinski definition) is 2. The lowest BCUT2D eigenvalue weighted by Gasteiger charge is -2.32. The summed E-state index contributed by atoms with van der Waals surface area (Å²) in [7, 11) is 2.01. The van der Waals surface area contributed by atoms with Gasteiger partial charge in [-0.25, -0.2) is 0 Å². The summed E-state index contributed by atoms with van der Waals surface area (Å²) in [5.41, 5.74) is 4.18. The largest absolute Gasteiger partial charge is 0.342 e. The molecular formula is C20H30N2O. The van der Waals surface area contributed by atoms with E-state index in [-0.39, 0.29) is 0 Å². The van der Waals surface area contributed by atoms with Crippen LogP contribution in [0.3, 0.4) is 0 Å². The molecule has 1 aliphatic carbocycles. The first-order chi connectivity index (χ1) is 11.3. The van der Waals surface area contributed by atoms with Gasteiger partial charge in [0.15, 0.2) is 0 Å². The molecule has 0 saturated carbocycles. The number of fused-ring (bicyclic) bond motifs is 1. The van der Waals surface area contributed by atoms with E-state index in [2.05, 4.69) is 28.4 Å². The Morgan fingerprint density at radius 1 is 1.17 bits per heavy atom. The number of rotatable bonds is 5. The van der Waals surface area contributed by atoms with Crippen molar-refractivity contribution in [2.75, 3.05) is 26.7 Å². The van der Waals surface area contributed by atoms with Crippen molar-refractivity contribution < 1.29 is 4.79 Å². The minimum Gasteiger partial charge on any atom is -0.342 e. The smallest absolute Gasteiger partial charge is 0.226 e. The number of nitrogens with zero attached hydrogens (tertiary/aromatic N) is 1. The molecule has 1 heterocycles. The van der Waals surface area contributed by atoms with Crippen molar-refractivity contribution in [3.63, 3.8) is 0 Å². The summed E-state index contributed by atoms with van der Waals surface area (Å²) in [6, 6.07) is 6.70. The first kappa shape index (κ1) is 16.5. The highest BCUT2D eigenvalue weighted by atomic mass is 16.2. The maximum absolute atomic E-state index is 12.6. The molecule has 0 atom stereocenters. The number of amides is 1. The van der Waals surface area contributed by atoms with Gasteiger partial charge in [0.25, 0.3) is 0 Å². The van der Waals surface area contributed by atoms with Crippen LogP contribution in [0.1, 0.15) is 48.8 Å². The van der Waals surface area contributed by atoms with E-state index in [0.717, 1.165) is 38.4 Å². The molecule has 1 aromatic rings. The summed E-state index contributed by atoms with van der Waals surface area (Å²) in [4.78, 5) is 14.6. The Hall–Kier alpha value is -1.35. The summed E-state index contributed by atoms with van der Waals surface area (Å²) in [5.74, 6) is 1.10. The zero-order chi connectivity index (χ0) is 16.1. The fourth-order valence-corrected chi connectivity index (χ4v) is 4.00. The molecule has 0 spiro atoms. The molecule has 0 radical (unpaired) electrons. The number of benzene rings is 1. The topological polar surface area (TPSA) is 32.3 Å². The highest BCUT2D eigenvalue weighted by molar-refractivity contribution is 5.79. The molecule has 1 saturated heterocycles. The van der Waals surface area contributed by atoms with Gasteiger partial charge in [0.1, 0.15) is 0 Å². The molecule has 0 aromatic heterocycles. The van der Waals surface area contributed by atoms with Crippen LogP contribution < -0.4 is 5.32 Å². The Bertz CT molecular complexity index is 532. The van der Waals surface area contributed by atoms with Crippen molar-refractivity contribution in [2.45, 2.75) is 51.4 Å². The van der Waals surface area contributed by atoms with Crippen LogP contribution in [-0.2, 0) is 24.1 Å². The van der Waals surface area contributed by atoms with Crippen LogP contribution in [0.5, 0.6) is 0 Å². The Labute approximate surface area is 140 Å². The Morgan fingerprint density at radius 3 is 2.65 bits per heavy atom. The number of nitrogens with one attached hydrogen (secondary N) is 1. The lowest BCUT2D eigenvalue weighted by molar-refractivity contribution is -0.131. The van der Waals surface area contributed by atoms with Crippen LogP contribution in [0.2, 0.25) is 0 Å². The van der Waals surface area contributed by atoms with Crippen LogP contribution in [0.25, 0.3) is 0 Å². The molecule has 1 amide bonds. The summed E-state index contributed by atoms with van der Waals surface area (Å²) in [6.45, 7) is 2.98. The zero-order valence-corrected chi connectivity index (χ0v) is 14.4. The summed E-state index contributed by atoms with van der Waals surface area (Å²) < 4.78 is 0. The highest BCUT2D eigenvalue weighted by Gasteiger charge is 2.22. The van der Waals surface area contributed by atoms with Crippen molar-refractivity contribution >= 4 is 5.91 Å². The third kappa shape index (κ3) is 4.35. The van der Waals surface area contributed by atoms with Crippen molar-refractivity contribution in [2.24, 2.45) is 5.92 Å². The monoisotopic (exact) mass is 314 g/mol. The Kier molecular flexibility index (Phi) is 5.71. The van der Waals surface area contributed by atoms with Crippen LogP contribution in [0.4, 0.5) is 0 Å². The Balaban J connectivity index is 1.52. The van der Waals surface area contributed by atoms with E-state index in [4.69, 9.17) is 0 Å². The van der Waals surface area contributed by atoms with Gasteiger partial charge in [0.05, 0.1) is 6.42 Å². The minimum absolute atomic E-state index is 0.313. The van der Waals surface area contributed by atoms with Crippen molar-refractivity contribution in [3.05, 3.63) is 34.9 Å². The van der Waals surface area contributed by atoms with Gasteiger partial charge in [-0.05, 0) is 81.1 Å². The molecule has 3 heteroatoms. The maximum Gasteiger partial charge on any atom is 0.226 e. The molecule has 3 rings (SSSR count). The van der Waals surface area contributed by atoms with E-state index in [9.17, 15) is 4.79 Å². The second-order valence-corrected chi connectivity index (χ2v) is 7.20. The molecule has 1 aromatic carbocycles. The molecule has 1 N–H and O–H groups in total. The van der Waals surface area contributed by atoms with Crippen LogP contribution in [0.15, 0.2) is 18.2 Å². The molecule has 0 unspecified atom stereocenters. The van der Waals surface area contributed by atoms with Gasteiger partial charge in [-0.3, -0.25) is 4.79 Å². The van der Waals surface area contributed by atoms with E-state index >= 15 is 0 Å². The molecule has 2 aliphatic rings. The summed E-state index contributed by atoms with van der Waals surface area (Å²) in [5, 5.41) is 3.23. The second-order valence-electron chi connectivity index (χ2n) is 7.20. The van der Waals surface area contributed by atoms with Gasteiger partial charge in [0, 0.05) is 13.1 Å². The van der Waals surface area contributed by atoms with E-state index in [0.29, 0.717) is 12.3 Å². The quantitative estimate of drug-likeness (QED) is 0.906. The number of piperidine rings is 1. The molecular weight excluding hydrogens is 284 g/mol. The van der Waals surface area contributed by atoms with Gasteiger partial charge in [-0.1, -0.05) is 18.2 Å². The van der Waals surface area contributed by atoms with Gasteiger partial charge >= 0.3 is 0 Å². The average Bonchev–Trinajstić information content (AvgIpc) is 2.60. The molecule has 1 fully saturated rings. The molecule has 0 bridgehead atoms.